The number of nitrogens with zero attached hydrogens (tertiary/aromatic N) is 1. The molecule has 0 saturated heterocycles. The molecule has 4 heteroatoms. The number of hydrogen-bond acceptors (Lipinski definition) is 1. The first-order valence-corrected chi connectivity index (χ1v) is 8.88. The minimum Gasteiger partial charge on any atom is -0.310 e. The summed E-state index contributed by atoms with van der Waals surface area (Å²) in [7, 11) is 0. The maximum Gasteiger partial charge on any atom is 0.416 e. The molecule has 3 aromatic carbocycles. The quantitative estimate of drug-likeness (QED) is 0.442. The molecule has 0 N–H and O–H groups in total. The monoisotopic (exact) mass is 367 g/mol. The lowest BCUT2D eigenvalue weighted by Gasteiger charge is -2.42. The Hall–Kier alpha value is -2.75. The van der Waals surface area contributed by atoms with E-state index in [1.54, 1.807) is 13.0 Å². The van der Waals surface area contributed by atoms with E-state index in [1.165, 1.54) is 6.07 Å². The van der Waals surface area contributed by atoms with E-state index in [0.717, 1.165) is 34.3 Å². The summed E-state index contributed by atoms with van der Waals surface area (Å²) in [4.78, 5) is 2.07. The van der Waals surface area contributed by atoms with Crippen molar-refractivity contribution in [2.75, 3.05) is 4.90 Å². The molecule has 0 aliphatic carbocycles. The van der Waals surface area contributed by atoms with E-state index in [1.807, 2.05) is 36.4 Å². The van der Waals surface area contributed by atoms with E-state index in [-0.39, 0.29) is 5.41 Å². The van der Waals surface area contributed by atoms with Crippen LogP contribution in [0.3, 0.4) is 0 Å². The molecule has 0 spiro atoms. The number of para-hydroxylation sites is 2. The Morgan fingerprint density at radius 2 is 1.26 bits per heavy atom. The van der Waals surface area contributed by atoms with Crippen LogP contribution in [-0.2, 0) is 11.6 Å². The molecule has 0 radical (unpaired) electrons. The molecule has 138 valence electrons. The lowest BCUT2D eigenvalue weighted by Crippen LogP contribution is -2.30. The van der Waals surface area contributed by atoms with Gasteiger partial charge in [-0.25, -0.2) is 0 Å². The topological polar surface area (TPSA) is 3.24 Å². The third-order valence-corrected chi connectivity index (χ3v) is 5.40. The molecule has 3 aromatic rings. The van der Waals surface area contributed by atoms with Crippen molar-refractivity contribution in [3.8, 4) is 0 Å². The third kappa shape index (κ3) is 2.71. The summed E-state index contributed by atoms with van der Waals surface area (Å²) in [5.41, 5.74) is 4.86. The van der Waals surface area contributed by atoms with Crippen LogP contribution in [0.4, 0.5) is 30.2 Å². The number of rotatable bonds is 1. The minimum atomic E-state index is -4.34. The maximum absolute atomic E-state index is 13.1. The van der Waals surface area contributed by atoms with Crippen LogP contribution in [0, 0.1) is 6.92 Å². The summed E-state index contributed by atoms with van der Waals surface area (Å²) in [5, 5.41) is 0. The van der Waals surface area contributed by atoms with E-state index in [2.05, 4.69) is 30.9 Å². The Bertz CT molecular complexity index is 969. The molecular formula is C23H20F3N. The van der Waals surface area contributed by atoms with Gasteiger partial charge in [-0.3, -0.25) is 0 Å². The van der Waals surface area contributed by atoms with E-state index in [0.29, 0.717) is 5.56 Å². The number of halogens is 3. The van der Waals surface area contributed by atoms with Gasteiger partial charge in [-0.05, 0) is 53.9 Å². The van der Waals surface area contributed by atoms with Crippen molar-refractivity contribution >= 4 is 17.1 Å². The fourth-order valence-electron chi connectivity index (χ4n) is 4.01. The molecule has 0 amide bonds. The molecule has 1 aliphatic heterocycles. The van der Waals surface area contributed by atoms with Gasteiger partial charge in [0.1, 0.15) is 0 Å². The van der Waals surface area contributed by atoms with Crippen LogP contribution in [0.2, 0.25) is 0 Å². The SMILES string of the molecule is Cc1cc(C(F)(F)F)ccc1N1c2ccccc2C(C)(C)c2ccccc21. The Labute approximate surface area is 157 Å². The second-order valence-electron chi connectivity index (χ2n) is 7.49. The summed E-state index contributed by atoms with van der Waals surface area (Å²) in [5.74, 6) is 0. The normalized spacial score (nSPS) is 15.3. The number of anilines is 3. The first-order chi connectivity index (χ1) is 12.7. The van der Waals surface area contributed by atoms with Crippen LogP contribution < -0.4 is 4.90 Å². The molecule has 4 rings (SSSR count). The molecule has 0 atom stereocenters. The molecule has 0 saturated carbocycles. The van der Waals surface area contributed by atoms with Gasteiger partial charge in [-0.15, -0.1) is 0 Å². The average molecular weight is 367 g/mol. The Balaban J connectivity index is 1.97. The van der Waals surface area contributed by atoms with Gasteiger partial charge in [0.15, 0.2) is 0 Å². The second kappa shape index (κ2) is 5.88. The number of fused-ring (bicyclic) bond motifs is 2. The van der Waals surface area contributed by atoms with Gasteiger partial charge < -0.3 is 4.90 Å². The second-order valence-corrected chi connectivity index (χ2v) is 7.49. The van der Waals surface area contributed by atoms with Crippen molar-refractivity contribution in [2.45, 2.75) is 32.4 Å². The minimum absolute atomic E-state index is 0.191. The van der Waals surface area contributed by atoms with Crippen molar-refractivity contribution < 1.29 is 13.2 Å². The number of aryl methyl sites for hydroxylation is 1. The van der Waals surface area contributed by atoms with Crippen LogP contribution in [0.1, 0.15) is 36.1 Å². The van der Waals surface area contributed by atoms with Gasteiger partial charge in [-0.2, -0.15) is 13.2 Å². The summed E-state index contributed by atoms with van der Waals surface area (Å²) in [6, 6.07) is 20.2. The number of hydrogen-bond donors (Lipinski definition) is 0. The molecule has 0 fully saturated rings. The van der Waals surface area contributed by atoms with Gasteiger partial charge in [0.2, 0.25) is 0 Å². The van der Waals surface area contributed by atoms with Crippen LogP contribution >= 0.6 is 0 Å². The molecule has 1 aliphatic rings. The van der Waals surface area contributed by atoms with Crippen molar-refractivity contribution in [1.29, 1.82) is 0 Å². The first-order valence-electron chi connectivity index (χ1n) is 8.88. The van der Waals surface area contributed by atoms with Crippen LogP contribution in [0.25, 0.3) is 0 Å². The van der Waals surface area contributed by atoms with Crippen molar-refractivity contribution in [3.63, 3.8) is 0 Å². The molecule has 0 bridgehead atoms. The highest BCUT2D eigenvalue weighted by Crippen LogP contribution is 2.52. The lowest BCUT2D eigenvalue weighted by molar-refractivity contribution is -0.137. The zero-order valence-corrected chi connectivity index (χ0v) is 15.4. The highest BCUT2D eigenvalue weighted by molar-refractivity contribution is 5.86. The van der Waals surface area contributed by atoms with Gasteiger partial charge in [0.25, 0.3) is 0 Å². The average Bonchev–Trinajstić information content (AvgIpc) is 2.62. The van der Waals surface area contributed by atoms with Crippen molar-refractivity contribution in [2.24, 2.45) is 0 Å². The fraction of sp³-hybridized carbons (Fsp3) is 0.217. The van der Waals surface area contributed by atoms with E-state index in [4.69, 9.17) is 0 Å². The van der Waals surface area contributed by atoms with Crippen LogP contribution in [-0.4, -0.2) is 0 Å². The zero-order chi connectivity index (χ0) is 19.4. The lowest BCUT2D eigenvalue weighted by atomic mass is 9.73. The standard InChI is InChI=1S/C23H20F3N/c1-15-14-16(23(24,25)26)12-13-19(15)27-20-10-6-4-8-17(20)22(2,3)18-9-5-7-11-21(18)27/h4-14H,1-3H3. The molecule has 1 nitrogen and oxygen atoms in total. The Morgan fingerprint density at radius 1 is 0.741 bits per heavy atom. The fourth-order valence-corrected chi connectivity index (χ4v) is 4.01. The van der Waals surface area contributed by atoms with Gasteiger partial charge in [0, 0.05) is 11.1 Å². The van der Waals surface area contributed by atoms with Crippen molar-refractivity contribution in [3.05, 3.63) is 89.0 Å². The number of alkyl halides is 3. The van der Waals surface area contributed by atoms with E-state index >= 15 is 0 Å². The molecule has 27 heavy (non-hydrogen) atoms. The highest BCUT2D eigenvalue weighted by Gasteiger charge is 2.37. The zero-order valence-electron chi connectivity index (χ0n) is 15.4. The summed E-state index contributed by atoms with van der Waals surface area (Å²) in [6.45, 7) is 6.10. The largest absolute Gasteiger partial charge is 0.416 e. The first kappa shape index (κ1) is 17.7. The van der Waals surface area contributed by atoms with Crippen LogP contribution in [0.15, 0.2) is 66.7 Å². The maximum atomic E-state index is 13.1. The summed E-state index contributed by atoms with van der Waals surface area (Å²) >= 11 is 0. The molecule has 0 unspecified atom stereocenters. The van der Waals surface area contributed by atoms with E-state index < -0.39 is 11.7 Å². The van der Waals surface area contributed by atoms with Gasteiger partial charge in [0.05, 0.1) is 16.9 Å². The van der Waals surface area contributed by atoms with Gasteiger partial charge >= 0.3 is 6.18 Å². The predicted molar refractivity (Wildman–Crippen MR) is 103 cm³/mol. The Morgan fingerprint density at radius 3 is 1.74 bits per heavy atom. The molecule has 1 heterocycles. The smallest absolute Gasteiger partial charge is 0.310 e. The number of benzene rings is 3. The summed E-state index contributed by atoms with van der Waals surface area (Å²) < 4.78 is 39.3. The predicted octanol–water partition coefficient (Wildman–Crippen LogP) is 7.12. The molecular weight excluding hydrogens is 347 g/mol. The molecule has 0 aromatic heterocycles. The van der Waals surface area contributed by atoms with E-state index in [9.17, 15) is 13.2 Å². The summed E-state index contributed by atoms with van der Waals surface area (Å²) in [6.07, 6.45) is -4.34. The van der Waals surface area contributed by atoms with Crippen LogP contribution in [0.5, 0.6) is 0 Å². The third-order valence-electron chi connectivity index (χ3n) is 5.40. The van der Waals surface area contributed by atoms with Crippen molar-refractivity contribution in [1.82, 2.24) is 0 Å². The van der Waals surface area contributed by atoms with Gasteiger partial charge in [-0.1, -0.05) is 50.2 Å². The Kier molecular flexibility index (Phi) is 3.84. The highest BCUT2D eigenvalue weighted by atomic mass is 19.4.